The van der Waals surface area contributed by atoms with Crippen molar-refractivity contribution in [1.29, 1.82) is 0 Å². The van der Waals surface area contributed by atoms with Gasteiger partial charge in [0.15, 0.2) is 0 Å². The van der Waals surface area contributed by atoms with E-state index in [2.05, 4.69) is 25.8 Å². The van der Waals surface area contributed by atoms with Gasteiger partial charge in [0, 0.05) is 18.0 Å². The molecule has 0 aromatic rings. The lowest BCUT2D eigenvalue weighted by atomic mass is 10.1. The lowest BCUT2D eigenvalue weighted by molar-refractivity contribution is -0.223. The number of nitrogens with zero attached hydrogens (tertiary/aromatic N) is 4. The van der Waals surface area contributed by atoms with Gasteiger partial charge < -0.3 is 44.2 Å². The first kappa shape index (κ1) is 36.1. The molecule has 0 aromatic heterocycles. The Morgan fingerprint density at radius 2 is 1.28 bits per heavy atom. The maximum absolute atomic E-state index is 11.9. The molecule has 17 heteroatoms. The minimum atomic E-state index is -1.15. The highest BCUT2D eigenvalue weighted by molar-refractivity contribution is 5.84. The van der Waals surface area contributed by atoms with Crippen molar-refractivity contribution in [3.63, 3.8) is 0 Å². The molecule has 0 radical (unpaired) electrons. The van der Waals surface area contributed by atoms with Crippen LogP contribution in [0.25, 0.3) is 10.4 Å². The van der Waals surface area contributed by atoms with Gasteiger partial charge in [0.2, 0.25) is 11.8 Å². The second-order valence-electron chi connectivity index (χ2n) is 7.72. The molecule has 0 spiro atoms. The van der Waals surface area contributed by atoms with Crippen LogP contribution in [0.4, 0.5) is 0 Å². The number of carboxylic acids is 1. The Bertz CT molecular complexity index is 711. The van der Waals surface area contributed by atoms with Gasteiger partial charge in [-0.25, -0.2) is 4.79 Å². The van der Waals surface area contributed by atoms with Gasteiger partial charge in [-0.2, -0.15) is 5.53 Å². The fraction of sp³-hybridized carbons (Fsp3) is 0.864. The molecule has 1 atom stereocenters. The number of azide groups is 1. The van der Waals surface area contributed by atoms with Gasteiger partial charge in [0.25, 0.3) is 0 Å². The minimum absolute atomic E-state index is 0.108. The third kappa shape index (κ3) is 26.5. The molecular formula is C22H42N7O10+. The van der Waals surface area contributed by atoms with Crippen LogP contribution in [0.3, 0.4) is 0 Å². The summed E-state index contributed by atoms with van der Waals surface area (Å²) in [5.41, 5.74) is 13.1. The summed E-state index contributed by atoms with van der Waals surface area (Å²) in [6.45, 7) is 3.85. The fourth-order valence-corrected chi connectivity index (χ4v) is 2.72. The van der Waals surface area contributed by atoms with Gasteiger partial charge in [-0.15, -0.1) is 0 Å². The summed E-state index contributed by atoms with van der Waals surface area (Å²) in [5.74, 6) is -1.98. The lowest BCUT2D eigenvalue weighted by Gasteiger charge is -2.15. The predicted molar refractivity (Wildman–Crippen MR) is 135 cm³/mol. The molecule has 39 heavy (non-hydrogen) atoms. The summed E-state index contributed by atoms with van der Waals surface area (Å²) in [6.07, 6.45) is 1.22. The number of amides is 2. The first-order valence-corrected chi connectivity index (χ1v) is 12.6. The molecule has 1 unspecified atom stereocenters. The average Bonchev–Trinajstić information content (AvgIpc) is 2.91. The number of ether oxygens (including phenoxy) is 6. The van der Waals surface area contributed by atoms with Gasteiger partial charge in [-0.3, -0.25) is 9.59 Å². The van der Waals surface area contributed by atoms with Gasteiger partial charge in [-0.1, -0.05) is 5.11 Å². The number of aliphatic carboxylic acids is 1. The van der Waals surface area contributed by atoms with Gasteiger partial charge in [0.05, 0.1) is 66.1 Å². The smallest absolute Gasteiger partial charge is 0.326 e. The Morgan fingerprint density at radius 1 is 0.769 bits per heavy atom. The molecule has 0 aliphatic carbocycles. The maximum Gasteiger partial charge on any atom is 0.326 e. The van der Waals surface area contributed by atoms with Crippen LogP contribution in [-0.4, -0.2) is 128 Å². The molecule has 224 valence electrons. The summed E-state index contributed by atoms with van der Waals surface area (Å²) in [7, 11) is 0. The fourth-order valence-electron chi connectivity index (χ4n) is 2.72. The molecule has 0 rings (SSSR count). The van der Waals surface area contributed by atoms with E-state index in [0.29, 0.717) is 72.2 Å². The van der Waals surface area contributed by atoms with Crippen molar-refractivity contribution in [1.82, 2.24) is 10.6 Å². The van der Waals surface area contributed by atoms with Crippen LogP contribution in [0.2, 0.25) is 0 Å². The first-order chi connectivity index (χ1) is 19.0. The van der Waals surface area contributed by atoms with Gasteiger partial charge >= 0.3 is 5.97 Å². The van der Waals surface area contributed by atoms with Crippen molar-refractivity contribution in [2.24, 2.45) is 10.2 Å². The number of carbonyl (C=O) groups excluding carboxylic acids is 2. The van der Waals surface area contributed by atoms with E-state index in [0.717, 1.165) is 0 Å². The molecular weight excluding hydrogens is 522 g/mol. The number of rotatable bonds is 29. The molecule has 0 saturated heterocycles. The lowest BCUT2D eigenvalue weighted by Crippen LogP contribution is -2.42. The molecule has 0 aliphatic rings. The third-order valence-electron chi connectivity index (χ3n) is 4.59. The molecule has 2 amide bonds. The summed E-state index contributed by atoms with van der Waals surface area (Å²) in [4.78, 5) is 37.7. The number of carbonyl (C=O) groups is 3. The SMILES string of the molecule is [N-]=[N+]=NCCOCCOCCOCC(=O)NC(CCCCNC(=O)COCCOCCOCCN=[NH2+])C(=O)O. The first-order valence-electron chi connectivity index (χ1n) is 12.6. The van der Waals surface area contributed by atoms with Crippen LogP contribution in [0, 0.1) is 0 Å². The average molecular weight is 565 g/mol. The molecule has 0 heterocycles. The third-order valence-corrected chi connectivity index (χ3v) is 4.59. The van der Waals surface area contributed by atoms with Crippen LogP contribution in [-0.2, 0) is 42.8 Å². The summed E-state index contributed by atoms with van der Waals surface area (Å²) in [6, 6.07) is -1.06. The van der Waals surface area contributed by atoms with Crippen molar-refractivity contribution < 1.29 is 53.4 Å². The van der Waals surface area contributed by atoms with Gasteiger partial charge in [-0.05, 0) is 29.9 Å². The Labute approximate surface area is 227 Å². The summed E-state index contributed by atoms with van der Waals surface area (Å²) in [5, 5.41) is 21.2. The molecule has 0 bridgehead atoms. The van der Waals surface area contributed by atoms with E-state index in [9.17, 15) is 19.5 Å². The monoisotopic (exact) mass is 564 g/mol. The molecule has 0 saturated carbocycles. The van der Waals surface area contributed by atoms with E-state index in [1.165, 1.54) is 0 Å². The van der Waals surface area contributed by atoms with E-state index >= 15 is 0 Å². The summed E-state index contributed by atoms with van der Waals surface area (Å²) < 4.78 is 31.3. The van der Waals surface area contributed by atoms with Crippen molar-refractivity contribution in [3.8, 4) is 0 Å². The van der Waals surface area contributed by atoms with E-state index < -0.39 is 17.9 Å². The Morgan fingerprint density at radius 3 is 1.82 bits per heavy atom. The van der Waals surface area contributed by atoms with E-state index in [-0.39, 0.29) is 51.9 Å². The highest BCUT2D eigenvalue weighted by Gasteiger charge is 2.19. The number of unbranched alkanes of at least 4 members (excludes halogenated alkanes) is 1. The quantitative estimate of drug-likeness (QED) is 0.0353. The standard InChI is InChI=1S/C22H41N7O10/c23-26-5-7-34-9-11-36-13-15-38-17-20(30)25-4-2-1-3-19(22(32)33)28-21(31)18-39-16-14-37-12-10-35-8-6-27-29-24/h19,23H,1-18H2,(H,25,30)(H,28,31)(H,32,33)/p+1. The van der Waals surface area contributed by atoms with E-state index in [4.69, 9.17) is 39.5 Å². The van der Waals surface area contributed by atoms with Crippen molar-refractivity contribution in [3.05, 3.63) is 10.4 Å². The topological polar surface area (TPSA) is 238 Å². The second-order valence-corrected chi connectivity index (χ2v) is 7.72. The summed E-state index contributed by atoms with van der Waals surface area (Å²) >= 11 is 0. The van der Waals surface area contributed by atoms with E-state index in [1.807, 2.05) is 0 Å². The normalized spacial score (nSPS) is 11.4. The predicted octanol–water partition coefficient (Wildman–Crippen LogP) is -1.54. The highest BCUT2D eigenvalue weighted by atomic mass is 16.5. The Balaban J connectivity index is 3.68. The van der Waals surface area contributed by atoms with Crippen LogP contribution in [0.5, 0.6) is 0 Å². The molecule has 17 nitrogen and oxygen atoms in total. The number of carboxylic acid groups (broad SMARTS) is 1. The van der Waals surface area contributed by atoms with Crippen LogP contribution >= 0.6 is 0 Å². The van der Waals surface area contributed by atoms with Crippen molar-refractivity contribution in [2.75, 3.05) is 98.9 Å². The minimum Gasteiger partial charge on any atom is -0.480 e. The molecule has 0 aliphatic heterocycles. The van der Waals surface area contributed by atoms with Crippen LogP contribution in [0.15, 0.2) is 10.2 Å². The van der Waals surface area contributed by atoms with Crippen LogP contribution < -0.4 is 16.2 Å². The Kier molecular flexibility index (Phi) is 26.0. The van der Waals surface area contributed by atoms with Crippen LogP contribution in [0.1, 0.15) is 19.3 Å². The zero-order chi connectivity index (χ0) is 28.8. The highest BCUT2D eigenvalue weighted by Crippen LogP contribution is 2.01. The number of nitrogens with one attached hydrogen (secondary N) is 2. The van der Waals surface area contributed by atoms with Crippen molar-refractivity contribution in [2.45, 2.75) is 25.3 Å². The van der Waals surface area contributed by atoms with Crippen molar-refractivity contribution >= 4 is 17.8 Å². The number of hydrogen-bond donors (Lipinski definition) is 4. The zero-order valence-corrected chi connectivity index (χ0v) is 22.3. The molecule has 0 fully saturated rings. The van der Waals surface area contributed by atoms with Gasteiger partial charge in [0.1, 0.15) is 25.8 Å². The Hall–Kier alpha value is -2.92. The number of nitrogens with two attached hydrogens (primary N) is 1. The van der Waals surface area contributed by atoms with E-state index in [1.54, 1.807) is 0 Å². The number of hydrogen-bond acceptors (Lipinski definition) is 11. The largest absolute Gasteiger partial charge is 0.480 e. The zero-order valence-electron chi connectivity index (χ0n) is 22.3. The second kappa shape index (κ2) is 28.1. The molecule has 0 aromatic carbocycles. The molecule has 5 N–H and O–H groups in total. The maximum atomic E-state index is 11.9.